The minimum atomic E-state index is -0.619. The minimum absolute atomic E-state index is 0.344. The van der Waals surface area contributed by atoms with Crippen molar-refractivity contribution < 1.29 is 19.1 Å². The molecule has 2 aromatic rings. The molecule has 0 aromatic heterocycles. The number of ether oxygens (including phenoxy) is 2. The van der Waals surface area contributed by atoms with Gasteiger partial charge in [-0.2, -0.15) is 0 Å². The second kappa shape index (κ2) is 9.74. The maximum atomic E-state index is 12.8. The number of para-hydroxylation sites is 1. The topological polar surface area (TPSA) is 83.1 Å². The number of carbonyl (C=O) groups is 2. The van der Waals surface area contributed by atoms with Crippen molar-refractivity contribution in [2.45, 2.75) is 6.04 Å². The Morgan fingerprint density at radius 1 is 1.03 bits per heavy atom. The van der Waals surface area contributed by atoms with Crippen LogP contribution in [0.5, 0.6) is 5.75 Å². The Kier molecular flexibility index (Phi) is 6.61. The van der Waals surface area contributed by atoms with Crippen molar-refractivity contribution in [3.05, 3.63) is 71.4 Å². The summed E-state index contributed by atoms with van der Waals surface area (Å²) in [6.07, 6.45) is 0. The van der Waals surface area contributed by atoms with E-state index in [2.05, 4.69) is 32.6 Å². The lowest BCUT2D eigenvalue weighted by molar-refractivity contribution is -0.136. The minimum Gasteiger partial charge on any atom is -0.497 e. The summed E-state index contributed by atoms with van der Waals surface area (Å²) in [6, 6.07) is 16.7. The number of nitrogens with one attached hydrogen (secondary N) is 2. The molecule has 2 heterocycles. The Morgan fingerprint density at radius 2 is 1.78 bits per heavy atom. The summed E-state index contributed by atoms with van der Waals surface area (Å²) < 4.78 is 10.4. The number of methoxy groups -OCH3 is 2. The fourth-order valence-electron chi connectivity index (χ4n) is 4.19. The number of anilines is 1. The molecule has 168 valence electrons. The molecule has 0 spiro atoms. The summed E-state index contributed by atoms with van der Waals surface area (Å²) in [7, 11) is 2.93. The molecule has 1 saturated heterocycles. The number of rotatable bonds is 6. The number of nitrogens with zero attached hydrogens (tertiary/aromatic N) is 2. The molecule has 4 rings (SSSR count). The first-order chi connectivity index (χ1) is 15.6. The van der Waals surface area contributed by atoms with Crippen molar-refractivity contribution in [3.8, 4) is 5.75 Å². The van der Waals surface area contributed by atoms with E-state index in [0.717, 1.165) is 31.7 Å². The first-order valence-electron chi connectivity index (χ1n) is 10.6. The van der Waals surface area contributed by atoms with E-state index in [0.29, 0.717) is 23.6 Å². The summed E-state index contributed by atoms with van der Waals surface area (Å²) in [5, 5.41) is 5.70. The lowest BCUT2D eigenvalue weighted by Crippen LogP contribution is -2.51. The second-order valence-electron chi connectivity index (χ2n) is 7.79. The van der Waals surface area contributed by atoms with Crippen molar-refractivity contribution in [1.29, 1.82) is 0 Å². The molecule has 2 amide bonds. The normalized spacial score (nSPS) is 19.2. The Morgan fingerprint density at radius 3 is 2.47 bits per heavy atom. The molecule has 32 heavy (non-hydrogen) atoms. The molecular weight excluding hydrogens is 408 g/mol. The molecule has 2 aliphatic heterocycles. The van der Waals surface area contributed by atoms with Gasteiger partial charge in [0.2, 0.25) is 0 Å². The number of esters is 1. The number of hydrogen-bond donors (Lipinski definition) is 2. The summed E-state index contributed by atoms with van der Waals surface area (Å²) >= 11 is 0. The molecule has 0 unspecified atom stereocenters. The summed E-state index contributed by atoms with van der Waals surface area (Å²) in [4.78, 5) is 29.8. The van der Waals surface area contributed by atoms with Gasteiger partial charge in [0.25, 0.3) is 0 Å². The van der Waals surface area contributed by atoms with E-state index < -0.39 is 12.0 Å². The molecule has 8 nitrogen and oxygen atoms in total. The van der Waals surface area contributed by atoms with Crippen molar-refractivity contribution >= 4 is 17.7 Å². The van der Waals surface area contributed by atoms with Crippen LogP contribution < -0.4 is 20.3 Å². The second-order valence-corrected chi connectivity index (χ2v) is 7.79. The van der Waals surface area contributed by atoms with Crippen LogP contribution in [0.2, 0.25) is 0 Å². The average Bonchev–Trinajstić information content (AvgIpc) is 2.84. The van der Waals surface area contributed by atoms with Gasteiger partial charge in [-0.05, 0) is 29.8 Å². The predicted octanol–water partition coefficient (Wildman–Crippen LogP) is 2.30. The highest BCUT2D eigenvalue weighted by molar-refractivity contribution is 5.95. The Balaban J connectivity index is 1.56. The highest BCUT2D eigenvalue weighted by atomic mass is 16.5. The Hall–Kier alpha value is -3.52. The monoisotopic (exact) mass is 436 g/mol. The molecule has 1 atom stereocenters. The summed E-state index contributed by atoms with van der Waals surface area (Å²) in [5.74, 6) is 0.182. The van der Waals surface area contributed by atoms with Gasteiger partial charge in [-0.3, -0.25) is 4.90 Å². The zero-order valence-corrected chi connectivity index (χ0v) is 18.3. The summed E-state index contributed by atoms with van der Waals surface area (Å²) in [6.45, 7) is 3.84. The Labute approximate surface area is 187 Å². The van der Waals surface area contributed by atoms with Crippen LogP contribution >= 0.6 is 0 Å². The maximum Gasteiger partial charge on any atom is 0.338 e. The van der Waals surface area contributed by atoms with Crippen LogP contribution in [0.4, 0.5) is 10.5 Å². The van der Waals surface area contributed by atoms with Crippen molar-refractivity contribution in [2.24, 2.45) is 0 Å². The smallest absolute Gasteiger partial charge is 0.338 e. The quantitative estimate of drug-likeness (QED) is 0.677. The van der Waals surface area contributed by atoms with E-state index in [9.17, 15) is 9.59 Å². The van der Waals surface area contributed by atoms with E-state index in [1.807, 2.05) is 42.5 Å². The lowest BCUT2D eigenvalue weighted by Gasteiger charge is -2.38. The SMILES string of the molecule is COC(=O)C1=C(CN2CCN(c3ccccc3)CC2)NC(=O)N[C@@H]1c1cccc(OC)c1. The third kappa shape index (κ3) is 4.70. The van der Waals surface area contributed by atoms with Gasteiger partial charge < -0.3 is 25.0 Å². The third-order valence-electron chi connectivity index (χ3n) is 5.86. The molecule has 2 aliphatic rings. The molecular formula is C24H28N4O4. The van der Waals surface area contributed by atoms with Crippen LogP contribution in [0.15, 0.2) is 65.9 Å². The average molecular weight is 437 g/mol. The molecule has 0 aliphatic carbocycles. The Bertz CT molecular complexity index is 1000. The number of urea groups is 1. The number of piperazine rings is 1. The van der Waals surface area contributed by atoms with Gasteiger partial charge >= 0.3 is 12.0 Å². The first-order valence-corrected chi connectivity index (χ1v) is 10.6. The molecule has 0 radical (unpaired) electrons. The fraction of sp³-hybridized carbons (Fsp3) is 0.333. The number of carbonyl (C=O) groups excluding carboxylic acids is 2. The highest BCUT2D eigenvalue weighted by Crippen LogP contribution is 2.30. The van der Waals surface area contributed by atoms with Crippen LogP contribution in [-0.2, 0) is 9.53 Å². The molecule has 0 bridgehead atoms. The first kappa shape index (κ1) is 21.7. The van der Waals surface area contributed by atoms with E-state index >= 15 is 0 Å². The van der Waals surface area contributed by atoms with Gasteiger partial charge in [0.1, 0.15) is 5.75 Å². The summed E-state index contributed by atoms with van der Waals surface area (Å²) in [5.41, 5.74) is 2.94. The van der Waals surface area contributed by atoms with Crippen molar-refractivity contribution in [3.63, 3.8) is 0 Å². The molecule has 2 N–H and O–H groups in total. The van der Waals surface area contributed by atoms with E-state index in [4.69, 9.17) is 9.47 Å². The molecule has 1 fully saturated rings. The predicted molar refractivity (Wildman–Crippen MR) is 122 cm³/mol. The third-order valence-corrected chi connectivity index (χ3v) is 5.86. The number of benzene rings is 2. The number of hydrogen-bond acceptors (Lipinski definition) is 6. The molecule has 0 saturated carbocycles. The van der Waals surface area contributed by atoms with E-state index in [-0.39, 0.29) is 6.03 Å². The molecule has 2 aromatic carbocycles. The van der Waals surface area contributed by atoms with Gasteiger partial charge in [-0.1, -0.05) is 30.3 Å². The maximum absolute atomic E-state index is 12.8. The highest BCUT2D eigenvalue weighted by Gasteiger charge is 2.34. The van der Waals surface area contributed by atoms with Gasteiger partial charge in [0.05, 0.1) is 25.8 Å². The van der Waals surface area contributed by atoms with Crippen LogP contribution in [-0.4, -0.2) is 63.8 Å². The number of amides is 2. The van der Waals surface area contributed by atoms with E-state index in [1.165, 1.54) is 12.8 Å². The standard InChI is InChI=1S/C24H28N4O4/c1-31-19-10-6-7-17(15-19)22-21(23(29)32-2)20(25-24(30)26-22)16-27-11-13-28(14-12-27)18-8-4-3-5-9-18/h3-10,15,22H,11-14,16H2,1-2H3,(H2,25,26,30)/t22-/m1/s1. The van der Waals surface area contributed by atoms with Gasteiger partial charge in [0.15, 0.2) is 0 Å². The zero-order chi connectivity index (χ0) is 22.5. The van der Waals surface area contributed by atoms with Gasteiger partial charge in [-0.15, -0.1) is 0 Å². The molecule has 8 heteroatoms. The van der Waals surface area contributed by atoms with Gasteiger partial charge in [0, 0.05) is 44.1 Å². The van der Waals surface area contributed by atoms with Crippen molar-refractivity contribution in [2.75, 3.05) is 51.8 Å². The fourth-order valence-corrected chi connectivity index (χ4v) is 4.19. The largest absolute Gasteiger partial charge is 0.497 e. The lowest BCUT2D eigenvalue weighted by atomic mass is 9.94. The van der Waals surface area contributed by atoms with Crippen molar-refractivity contribution in [1.82, 2.24) is 15.5 Å². The van der Waals surface area contributed by atoms with Crippen LogP contribution in [0.25, 0.3) is 0 Å². The van der Waals surface area contributed by atoms with Gasteiger partial charge in [-0.25, -0.2) is 9.59 Å². The van der Waals surface area contributed by atoms with E-state index in [1.54, 1.807) is 7.11 Å². The van der Waals surface area contributed by atoms with Crippen LogP contribution in [0.3, 0.4) is 0 Å². The zero-order valence-electron chi connectivity index (χ0n) is 18.3. The van der Waals surface area contributed by atoms with Crippen LogP contribution in [0.1, 0.15) is 11.6 Å². The van der Waals surface area contributed by atoms with Crippen LogP contribution in [0, 0.1) is 0 Å².